The molecular weight excluding hydrogens is 380 g/mol. The molecule has 148 valence electrons. The van der Waals surface area contributed by atoms with Crippen LogP contribution in [0.4, 0.5) is 0 Å². The molecule has 2 saturated heterocycles. The van der Waals surface area contributed by atoms with Crippen molar-refractivity contribution in [1.82, 2.24) is 9.80 Å². The Hall–Kier alpha value is -2.31. The van der Waals surface area contributed by atoms with Gasteiger partial charge in [0.1, 0.15) is 5.76 Å². The molecule has 1 aromatic carbocycles. The van der Waals surface area contributed by atoms with Crippen molar-refractivity contribution >= 4 is 23.4 Å². The molecule has 0 aliphatic carbocycles. The van der Waals surface area contributed by atoms with Crippen LogP contribution in [0.25, 0.3) is 11.3 Å². The van der Waals surface area contributed by atoms with Crippen molar-refractivity contribution in [3.8, 4) is 11.3 Å². The molecular formula is C21H23ClN2O4. The first kappa shape index (κ1) is 19.0. The molecule has 0 N–H and O–H groups in total. The molecule has 3 heterocycles. The van der Waals surface area contributed by atoms with Crippen molar-refractivity contribution in [3.63, 3.8) is 0 Å². The molecule has 28 heavy (non-hydrogen) atoms. The maximum atomic E-state index is 12.9. The van der Waals surface area contributed by atoms with Crippen LogP contribution in [0.1, 0.15) is 23.4 Å². The van der Waals surface area contributed by atoms with Gasteiger partial charge in [-0.15, -0.1) is 0 Å². The van der Waals surface area contributed by atoms with Crippen LogP contribution < -0.4 is 0 Å². The second-order valence-electron chi connectivity index (χ2n) is 7.17. The first-order valence-corrected chi connectivity index (χ1v) is 10.0. The van der Waals surface area contributed by atoms with Crippen LogP contribution in [0.15, 0.2) is 40.8 Å². The summed E-state index contributed by atoms with van der Waals surface area (Å²) in [5.41, 5.74) is 0.752. The van der Waals surface area contributed by atoms with Crippen molar-refractivity contribution in [2.45, 2.75) is 12.8 Å². The van der Waals surface area contributed by atoms with Crippen LogP contribution in [0.3, 0.4) is 0 Å². The zero-order chi connectivity index (χ0) is 19.5. The number of benzene rings is 1. The van der Waals surface area contributed by atoms with Crippen LogP contribution in [-0.2, 0) is 9.53 Å². The van der Waals surface area contributed by atoms with Gasteiger partial charge in [0.05, 0.1) is 24.2 Å². The lowest BCUT2D eigenvalue weighted by Gasteiger charge is -2.35. The van der Waals surface area contributed by atoms with Gasteiger partial charge in [0.2, 0.25) is 5.91 Å². The van der Waals surface area contributed by atoms with Crippen LogP contribution in [-0.4, -0.2) is 61.0 Å². The second kappa shape index (κ2) is 8.37. The van der Waals surface area contributed by atoms with Gasteiger partial charge < -0.3 is 19.0 Å². The number of piperidine rings is 1. The van der Waals surface area contributed by atoms with Gasteiger partial charge in [-0.25, -0.2) is 0 Å². The summed E-state index contributed by atoms with van der Waals surface area (Å²) in [6.07, 6.45) is 1.62. The summed E-state index contributed by atoms with van der Waals surface area (Å²) in [6.45, 7) is 3.48. The number of halogens is 1. The fraction of sp³-hybridized carbons (Fsp3) is 0.429. The van der Waals surface area contributed by atoms with Gasteiger partial charge in [-0.3, -0.25) is 9.59 Å². The third-order valence-corrected chi connectivity index (χ3v) is 5.67. The van der Waals surface area contributed by atoms with E-state index >= 15 is 0 Å². The Morgan fingerprint density at radius 2 is 1.79 bits per heavy atom. The van der Waals surface area contributed by atoms with Gasteiger partial charge in [-0.05, 0) is 37.1 Å². The number of amides is 2. The normalized spacial score (nSPS) is 20.2. The van der Waals surface area contributed by atoms with Crippen molar-refractivity contribution in [2.75, 3.05) is 39.4 Å². The number of nitrogens with zero attached hydrogens (tertiary/aromatic N) is 2. The van der Waals surface area contributed by atoms with E-state index in [1.54, 1.807) is 23.1 Å². The molecule has 1 unspecified atom stereocenters. The lowest BCUT2D eigenvalue weighted by Crippen LogP contribution is -2.49. The molecule has 2 fully saturated rings. The van der Waals surface area contributed by atoms with E-state index in [1.165, 1.54) is 0 Å². The highest BCUT2D eigenvalue weighted by atomic mass is 35.5. The zero-order valence-electron chi connectivity index (χ0n) is 15.6. The number of hydrogen-bond acceptors (Lipinski definition) is 4. The zero-order valence-corrected chi connectivity index (χ0v) is 16.4. The summed E-state index contributed by atoms with van der Waals surface area (Å²) in [5.74, 6) is 0.616. The highest BCUT2D eigenvalue weighted by molar-refractivity contribution is 6.33. The van der Waals surface area contributed by atoms with Crippen LogP contribution >= 0.6 is 11.6 Å². The van der Waals surface area contributed by atoms with Crippen molar-refractivity contribution in [2.24, 2.45) is 5.92 Å². The van der Waals surface area contributed by atoms with E-state index in [4.69, 9.17) is 20.8 Å². The molecule has 2 aliphatic heterocycles. The highest BCUT2D eigenvalue weighted by Crippen LogP contribution is 2.30. The predicted octanol–water partition coefficient (Wildman–Crippen LogP) is 3.31. The Bertz CT molecular complexity index is 860. The predicted molar refractivity (Wildman–Crippen MR) is 105 cm³/mol. The van der Waals surface area contributed by atoms with E-state index in [1.807, 2.05) is 23.1 Å². The maximum absolute atomic E-state index is 12.9. The van der Waals surface area contributed by atoms with Gasteiger partial charge >= 0.3 is 0 Å². The first-order valence-electron chi connectivity index (χ1n) is 9.64. The van der Waals surface area contributed by atoms with Crippen LogP contribution in [0.2, 0.25) is 5.02 Å². The summed E-state index contributed by atoms with van der Waals surface area (Å²) in [6, 6.07) is 10.8. The molecule has 1 aromatic heterocycles. The minimum absolute atomic E-state index is 0.122. The number of furan rings is 1. The van der Waals surface area contributed by atoms with Gasteiger partial charge in [0, 0.05) is 31.7 Å². The Morgan fingerprint density at radius 1 is 1.00 bits per heavy atom. The molecule has 0 bridgehead atoms. The monoisotopic (exact) mass is 402 g/mol. The molecule has 4 rings (SSSR count). The molecule has 0 spiro atoms. The largest absolute Gasteiger partial charge is 0.451 e. The molecule has 2 aliphatic rings. The minimum Gasteiger partial charge on any atom is -0.451 e. The fourth-order valence-corrected chi connectivity index (χ4v) is 4.05. The van der Waals surface area contributed by atoms with E-state index in [0.717, 1.165) is 18.4 Å². The molecule has 0 radical (unpaired) electrons. The lowest BCUT2D eigenvalue weighted by molar-refractivity contribution is -0.141. The van der Waals surface area contributed by atoms with Gasteiger partial charge in [-0.1, -0.05) is 23.7 Å². The number of hydrogen-bond donors (Lipinski definition) is 0. The Labute approximate surface area is 169 Å². The van der Waals surface area contributed by atoms with E-state index in [2.05, 4.69) is 0 Å². The molecule has 6 nitrogen and oxygen atoms in total. The number of ether oxygens (including phenoxy) is 1. The Morgan fingerprint density at radius 3 is 2.57 bits per heavy atom. The molecule has 2 aromatic rings. The van der Waals surface area contributed by atoms with Crippen molar-refractivity contribution in [1.29, 1.82) is 0 Å². The second-order valence-corrected chi connectivity index (χ2v) is 7.58. The quantitative estimate of drug-likeness (QED) is 0.790. The number of carbonyl (C=O) groups excluding carboxylic acids is 2. The number of rotatable bonds is 3. The maximum Gasteiger partial charge on any atom is 0.289 e. The van der Waals surface area contributed by atoms with Gasteiger partial charge in [0.25, 0.3) is 5.91 Å². The van der Waals surface area contributed by atoms with Gasteiger partial charge in [-0.2, -0.15) is 0 Å². The van der Waals surface area contributed by atoms with Crippen LogP contribution in [0.5, 0.6) is 0 Å². The smallest absolute Gasteiger partial charge is 0.289 e. The Kier molecular flexibility index (Phi) is 5.69. The SMILES string of the molecule is O=C(c1ccc(-c2ccccc2Cl)o1)N1CCCC(C(=O)N2CCOCC2)C1. The topological polar surface area (TPSA) is 63.0 Å². The number of carbonyl (C=O) groups is 2. The summed E-state index contributed by atoms with van der Waals surface area (Å²) in [4.78, 5) is 29.3. The summed E-state index contributed by atoms with van der Waals surface area (Å²) >= 11 is 6.22. The molecule has 0 saturated carbocycles. The first-order chi connectivity index (χ1) is 13.6. The van der Waals surface area contributed by atoms with Crippen molar-refractivity contribution < 1.29 is 18.7 Å². The standard InChI is InChI=1S/C21H23ClN2O4/c22-17-6-2-1-5-16(17)18-7-8-19(28-18)21(26)24-9-3-4-15(14-24)20(25)23-10-12-27-13-11-23/h1-2,5-8,15H,3-4,9-14H2. The third kappa shape index (κ3) is 3.93. The average molecular weight is 403 g/mol. The molecule has 7 heteroatoms. The summed E-state index contributed by atoms with van der Waals surface area (Å²) in [7, 11) is 0. The third-order valence-electron chi connectivity index (χ3n) is 5.34. The molecule has 1 atom stereocenters. The van der Waals surface area contributed by atoms with Gasteiger partial charge in [0.15, 0.2) is 5.76 Å². The minimum atomic E-state index is -0.183. The Balaban J connectivity index is 1.45. The van der Waals surface area contributed by atoms with E-state index in [9.17, 15) is 9.59 Å². The summed E-state index contributed by atoms with van der Waals surface area (Å²) < 4.78 is 11.1. The highest BCUT2D eigenvalue weighted by Gasteiger charge is 2.33. The summed E-state index contributed by atoms with van der Waals surface area (Å²) in [5, 5.41) is 0.574. The van der Waals surface area contributed by atoms with E-state index in [-0.39, 0.29) is 23.5 Å². The number of morpholine rings is 1. The van der Waals surface area contributed by atoms with Crippen LogP contribution in [0, 0.1) is 5.92 Å². The van der Waals surface area contributed by atoms with Crippen molar-refractivity contribution in [3.05, 3.63) is 47.2 Å². The lowest BCUT2D eigenvalue weighted by atomic mass is 9.96. The average Bonchev–Trinajstić information content (AvgIpc) is 3.23. The number of likely N-dealkylation sites (tertiary alicyclic amines) is 1. The van der Waals surface area contributed by atoms with E-state index < -0.39 is 0 Å². The van der Waals surface area contributed by atoms with E-state index in [0.29, 0.717) is 50.2 Å². The molecule has 2 amide bonds. The fourth-order valence-electron chi connectivity index (χ4n) is 3.82.